The van der Waals surface area contributed by atoms with Crippen molar-refractivity contribution in [2.24, 2.45) is 0 Å². The maximum Gasteiger partial charge on any atom is 0.310 e. The number of esters is 1. The van der Waals surface area contributed by atoms with Crippen LogP contribution in [0.4, 0.5) is 0 Å². The fraction of sp³-hybridized carbons (Fsp3) is 0.438. The van der Waals surface area contributed by atoms with E-state index in [2.05, 4.69) is 5.32 Å². The van der Waals surface area contributed by atoms with Crippen molar-refractivity contribution < 1.29 is 19.1 Å². The Morgan fingerprint density at radius 3 is 2.41 bits per heavy atom. The number of rotatable bonds is 6. The first kappa shape index (κ1) is 17.7. The Hall–Kier alpha value is -2.37. The number of amides is 2. The zero-order chi connectivity index (χ0) is 16.7. The largest absolute Gasteiger partial charge is 0.455 e. The molecule has 0 fully saturated rings. The lowest BCUT2D eigenvalue weighted by atomic mass is 10.0. The first-order chi connectivity index (χ1) is 10.3. The molecule has 0 aliphatic rings. The van der Waals surface area contributed by atoms with Gasteiger partial charge in [0.2, 0.25) is 5.91 Å². The number of ether oxygens (including phenoxy) is 1. The maximum atomic E-state index is 11.7. The second kappa shape index (κ2) is 8.17. The fourth-order valence-electron chi connectivity index (χ4n) is 1.66. The van der Waals surface area contributed by atoms with Crippen molar-refractivity contribution in [3.63, 3.8) is 0 Å². The summed E-state index contributed by atoms with van der Waals surface area (Å²) in [6.45, 7) is 3.47. The summed E-state index contributed by atoms with van der Waals surface area (Å²) >= 11 is 0. The zero-order valence-corrected chi connectivity index (χ0v) is 13.4. The second-order valence-corrected chi connectivity index (χ2v) is 5.32. The topological polar surface area (TPSA) is 75.7 Å². The number of likely N-dealkylation sites (N-methyl/N-ethyl adjacent to an activating group) is 1. The third-order valence-electron chi connectivity index (χ3n) is 3.22. The van der Waals surface area contributed by atoms with Crippen molar-refractivity contribution >= 4 is 17.8 Å². The van der Waals surface area contributed by atoms with Crippen LogP contribution in [-0.2, 0) is 25.5 Å². The van der Waals surface area contributed by atoms with Gasteiger partial charge in [0.15, 0.2) is 6.61 Å². The number of hydrogen-bond acceptors (Lipinski definition) is 4. The number of carbonyl (C=O) groups is 3. The Balaban J connectivity index is 2.35. The monoisotopic (exact) mass is 306 g/mol. The third-order valence-corrected chi connectivity index (χ3v) is 3.22. The lowest BCUT2D eigenvalue weighted by molar-refractivity contribution is -0.148. The molecule has 0 heterocycles. The van der Waals surface area contributed by atoms with Crippen LogP contribution in [-0.4, -0.2) is 49.9 Å². The molecule has 0 saturated heterocycles. The van der Waals surface area contributed by atoms with Gasteiger partial charge in [-0.1, -0.05) is 18.2 Å². The quantitative estimate of drug-likeness (QED) is 0.781. The number of carbonyl (C=O) groups excluding carboxylic acids is 3. The van der Waals surface area contributed by atoms with Gasteiger partial charge in [0.05, 0.1) is 13.0 Å². The van der Waals surface area contributed by atoms with E-state index >= 15 is 0 Å². The summed E-state index contributed by atoms with van der Waals surface area (Å²) in [6, 6.07) is 5.73. The Kier molecular flexibility index (Phi) is 6.56. The van der Waals surface area contributed by atoms with E-state index in [1.807, 2.05) is 32.0 Å². The van der Waals surface area contributed by atoms with E-state index in [1.54, 1.807) is 14.1 Å². The number of nitrogens with one attached hydrogen (secondary N) is 1. The molecule has 0 radical (unpaired) electrons. The summed E-state index contributed by atoms with van der Waals surface area (Å²) < 4.78 is 4.89. The third kappa shape index (κ3) is 5.95. The zero-order valence-electron chi connectivity index (χ0n) is 13.4. The molecule has 0 aliphatic heterocycles. The highest BCUT2D eigenvalue weighted by atomic mass is 16.5. The minimum absolute atomic E-state index is 0.111. The van der Waals surface area contributed by atoms with Crippen LogP contribution in [0.1, 0.15) is 16.7 Å². The minimum Gasteiger partial charge on any atom is -0.455 e. The highest BCUT2D eigenvalue weighted by Gasteiger charge is 2.11. The molecule has 0 bridgehead atoms. The molecule has 120 valence electrons. The van der Waals surface area contributed by atoms with Gasteiger partial charge >= 0.3 is 5.97 Å². The average molecular weight is 306 g/mol. The van der Waals surface area contributed by atoms with Crippen molar-refractivity contribution in [2.75, 3.05) is 27.2 Å². The molecule has 1 aromatic rings. The summed E-state index contributed by atoms with van der Waals surface area (Å²) in [6.07, 6.45) is 0.116. The van der Waals surface area contributed by atoms with Crippen LogP contribution >= 0.6 is 0 Å². The SMILES string of the molecule is Cc1ccc(CC(=O)OCC(=O)NCC(=O)N(C)C)cc1C. The molecule has 1 rings (SSSR count). The van der Waals surface area contributed by atoms with Gasteiger partial charge in [-0.05, 0) is 30.5 Å². The normalized spacial score (nSPS) is 10.0. The number of aryl methyl sites for hydroxylation is 2. The molecule has 0 saturated carbocycles. The Morgan fingerprint density at radius 2 is 1.82 bits per heavy atom. The molecule has 6 nitrogen and oxygen atoms in total. The van der Waals surface area contributed by atoms with E-state index in [0.29, 0.717) is 0 Å². The number of nitrogens with zero attached hydrogens (tertiary/aromatic N) is 1. The molecule has 0 aromatic heterocycles. The number of benzene rings is 1. The van der Waals surface area contributed by atoms with Crippen molar-refractivity contribution in [1.29, 1.82) is 0 Å². The van der Waals surface area contributed by atoms with Crippen molar-refractivity contribution in [3.8, 4) is 0 Å². The summed E-state index contributed by atoms with van der Waals surface area (Å²) in [4.78, 5) is 35.8. The standard InChI is InChI=1S/C16H22N2O4/c1-11-5-6-13(7-12(11)2)8-16(21)22-10-14(19)17-9-15(20)18(3)4/h5-7H,8-10H2,1-4H3,(H,17,19). The van der Waals surface area contributed by atoms with Gasteiger partial charge in [-0.25, -0.2) is 0 Å². The molecule has 0 spiro atoms. The molecule has 0 atom stereocenters. The van der Waals surface area contributed by atoms with Crippen molar-refractivity contribution in [2.45, 2.75) is 20.3 Å². The predicted octanol–water partition coefficient (Wildman–Crippen LogP) is 0.594. The van der Waals surface area contributed by atoms with Gasteiger partial charge in [-0.2, -0.15) is 0 Å². The van der Waals surface area contributed by atoms with E-state index in [4.69, 9.17) is 4.74 Å². The van der Waals surface area contributed by atoms with Crippen LogP contribution in [0, 0.1) is 13.8 Å². The van der Waals surface area contributed by atoms with E-state index in [-0.39, 0.29) is 25.5 Å². The molecule has 22 heavy (non-hydrogen) atoms. The van der Waals surface area contributed by atoms with Gasteiger partial charge in [0.1, 0.15) is 0 Å². The molecular weight excluding hydrogens is 284 g/mol. The lowest BCUT2D eigenvalue weighted by Gasteiger charge is -2.11. The van der Waals surface area contributed by atoms with Crippen LogP contribution < -0.4 is 5.32 Å². The predicted molar refractivity (Wildman–Crippen MR) is 82.3 cm³/mol. The lowest BCUT2D eigenvalue weighted by Crippen LogP contribution is -2.38. The van der Waals surface area contributed by atoms with Gasteiger partial charge in [0, 0.05) is 14.1 Å². The first-order valence-electron chi connectivity index (χ1n) is 6.98. The Morgan fingerprint density at radius 1 is 1.14 bits per heavy atom. The van der Waals surface area contributed by atoms with Gasteiger partial charge in [-0.3, -0.25) is 14.4 Å². The summed E-state index contributed by atoms with van der Waals surface area (Å²) in [7, 11) is 3.19. The number of hydrogen-bond donors (Lipinski definition) is 1. The highest BCUT2D eigenvalue weighted by Crippen LogP contribution is 2.10. The van der Waals surface area contributed by atoms with Gasteiger partial charge < -0.3 is 15.0 Å². The van der Waals surface area contributed by atoms with Crippen molar-refractivity contribution in [3.05, 3.63) is 34.9 Å². The summed E-state index contributed by atoms with van der Waals surface area (Å²) in [5.74, 6) is -1.20. The smallest absolute Gasteiger partial charge is 0.310 e. The van der Waals surface area contributed by atoms with Gasteiger partial charge in [-0.15, -0.1) is 0 Å². The molecule has 0 aliphatic carbocycles. The van der Waals surface area contributed by atoms with Crippen LogP contribution in [0.15, 0.2) is 18.2 Å². The Labute approximate surface area is 130 Å². The molecule has 1 N–H and O–H groups in total. The average Bonchev–Trinajstić information content (AvgIpc) is 2.46. The fourth-order valence-corrected chi connectivity index (χ4v) is 1.66. The van der Waals surface area contributed by atoms with E-state index < -0.39 is 11.9 Å². The minimum atomic E-state index is -0.497. The molecule has 2 amide bonds. The molecule has 1 aromatic carbocycles. The van der Waals surface area contributed by atoms with Crippen LogP contribution in [0.5, 0.6) is 0 Å². The van der Waals surface area contributed by atoms with Gasteiger partial charge in [0.25, 0.3) is 5.91 Å². The molecule has 0 unspecified atom stereocenters. The molecular formula is C16H22N2O4. The van der Waals surface area contributed by atoms with E-state index in [1.165, 1.54) is 4.90 Å². The highest BCUT2D eigenvalue weighted by molar-refractivity contribution is 5.86. The van der Waals surface area contributed by atoms with Crippen LogP contribution in [0.2, 0.25) is 0 Å². The Bertz CT molecular complexity index is 567. The van der Waals surface area contributed by atoms with Crippen LogP contribution in [0.3, 0.4) is 0 Å². The first-order valence-corrected chi connectivity index (χ1v) is 6.98. The van der Waals surface area contributed by atoms with Crippen molar-refractivity contribution in [1.82, 2.24) is 10.2 Å². The summed E-state index contributed by atoms with van der Waals surface area (Å²) in [5, 5.41) is 2.39. The van der Waals surface area contributed by atoms with E-state index in [0.717, 1.165) is 16.7 Å². The van der Waals surface area contributed by atoms with Crippen LogP contribution in [0.25, 0.3) is 0 Å². The second-order valence-electron chi connectivity index (χ2n) is 5.32. The maximum absolute atomic E-state index is 11.7. The molecule has 6 heteroatoms. The summed E-state index contributed by atoms with van der Waals surface area (Å²) in [5.41, 5.74) is 3.10. The van der Waals surface area contributed by atoms with E-state index in [9.17, 15) is 14.4 Å².